The van der Waals surface area contributed by atoms with E-state index in [0.29, 0.717) is 5.56 Å². The first kappa shape index (κ1) is 13.6. The van der Waals surface area contributed by atoms with E-state index in [1.54, 1.807) is 30.3 Å². The van der Waals surface area contributed by atoms with Crippen molar-refractivity contribution in [2.24, 2.45) is 0 Å². The second-order valence-electron chi connectivity index (χ2n) is 3.61. The summed E-state index contributed by atoms with van der Waals surface area (Å²) in [6, 6.07) is 8.10. The largest absolute Gasteiger partial charge is 0.480 e. The Kier molecular flexibility index (Phi) is 3.87. The van der Waals surface area contributed by atoms with E-state index in [1.165, 1.54) is 14.0 Å². The molecule has 0 heterocycles. The third kappa shape index (κ3) is 3.02. The Morgan fingerprint density at radius 3 is 2.24 bits per heavy atom. The molecule has 1 rings (SSSR count). The Morgan fingerprint density at radius 1 is 1.29 bits per heavy atom. The summed E-state index contributed by atoms with van der Waals surface area (Å²) in [4.78, 5) is 11.3. The maximum Gasteiger partial charge on any atom is 0.329 e. The first-order valence-electron chi connectivity index (χ1n) is 4.83. The molecular formula is C10H14N2O4S. The van der Waals surface area contributed by atoms with Crippen LogP contribution in [0.15, 0.2) is 30.3 Å². The van der Waals surface area contributed by atoms with Crippen molar-refractivity contribution < 1.29 is 18.3 Å². The van der Waals surface area contributed by atoms with Gasteiger partial charge in [0.25, 0.3) is 10.2 Å². The molecule has 0 saturated carbocycles. The van der Waals surface area contributed by atoms with Crippen molar-refractivity contribution in [1.82, 2.24) is 9.44 Å². The van der Waals surface area contributed by atoms with Crippen LogP contribution in [0.3, 0.4) is 0 Å². The minimum atomic E-state index is -3.85. The summed E-state index contributed by atoms with van der Waals surface area (Å²) < 4.78 is 26.9. The zero-order chi connectivity index (χ0) is 13.1. The molecule has 1 aromatic carbocycles. The molecule has 7 heteroatoms. The Labute approximate surface area is 99.8 Å². The van der Waals surface area contributed by atoms with E-state index in [4.69, 9.17) is 0 Å². The van der Waals surface area contributed by atoms with Gasteiger partial charge in [-0.15, -0.1) is 0 Å². The second kappa shape index (κ2) is 4.82. The van der Waals surface area contributed by atoms with Crippen molar-refractivity contribution in [3.8, 4) is 0 Å². The molecule has 0 saturated heterocycles. The van der Waals surface area contributed by atoms with E-state index in [9.17, 15) is 18.3 Å². The predicted octanol–water partition coefficient (Wildman–Crippen LogP) is 0.0402. The lowest BCUT2D eigenvalue weighted by molar-refractivity contribution is -0.143. The van der Waals surface area contributed by atoms with Crippen molar-refractivity contribution in [3.05, 3.63) is 35.9 Å². The van der Waals surface area contributed by atoms with Gasteiger partial charge >= 0.3 is 5.97 Å². The fourth-order valence-corrected chi connectivity index (χ4v) is 2.16. The summed E-state index contributed by atoms with van der Waals surface area (Å²) >= 11 is 0. The van der Waals surface area contributed by atoms with Crippen molar-refractivity contribution in [1.29, 1.82) is 0 Å². The molecule has 0 aliphatic carbocycles. The number of hydrogen-bond acceptors (Lipinski definition) is 3. The standard InChI is InChI=1S/C10H14N2O4S/c1-10(9(13)14,12-17(15,16)11-2)8-6-4-3-5-7-8/h3-7,11-12H,1-2H3,(H,13,14). The van der Waals surface area contributed by atoms with Crippen LogP contribution in [0.25, 0.3) is 0 Å². The Morgan fingerprint density at radius 2 is 1.82 bits per heavy atom. The number of hydrogen-bond donors (Lipinski definition) is 3. The third-order valence-corrected chi connectivity index (χ3v) is 3.60. The monoisotopic (exact) mass is 258 g/mol. The van der Waals surface area contributed by atoms with Crippen LogP contribution >= 0.6 is 0 Å². The zero-order valence-electron chi connectivity index (χ0n) is 9.47. The first-order valence-corrected chi connectivity index (χ1v) is 6.31. The van der Waals surface area contributed by atoms with Crippen LogP contribution in [0, 0.1) is 0 Å². The summed E-state index contributed by atoms with van der Waals surface area (Å²) in [5, 5.41) is 9.19. The molecule has 1 unspecified atom stereocenters. The summed E-state index contributed by atoms with van der Waals surface area (Å²) in [5.41, 5.74) is -1.35. The molecule has 6 nitrogen and oxygen atoms in total. The van der Waals surface area contributed by atoms with Crippen LogP contribution in [-0.2, 0) is 20.5 Å². The SMILES string of the molecule is CNS(=O)(=O)NC(C)(C(=O)O)c1ccccc1. The lowest BCUT2D eigenvalue weighted by Crippen LogP contribution is -2.52. The van der Waals surface area contributed by atoms with Crippen molar-refractivity contribution in [3.63, 3.8) is 0 Å². The highest BCUT2D eigenvalue weighted by Crippen LogP contribution is 2.21. The van der Waals surface area contributed by atoms with E-state index in [0.717, 1.165) is 0 Å². The molecule has 0 amide bonds. The first-order chi connectivity index (χ1) is 7.82. The number of carbonyl (C=O) groups is 1. The smallest absolute Gasteiger partial charge is 0.329 e. The van der Waals surface area contributed by atoms with Crippen LogP contribution in [0.4, 0.5) is 0 Å². The van der Waals surface area contributed by atoms with Crippen LogP contribution in [-0.4, -0.2) is 26.5 Å². The summed E-state index contributed by atoms with van der Waals surface area (Å²) in [7, 11) is -2.65. The highest BCUT2D eigenvalue weighted by Gasteiger charge is 2.38. The Hall–Kier alpha value is -1.44. The number of benzene rings is 1. The molecule has 0 fully saturated rings. The van der Waals surface area contributed by atoms with Crippen molar-refractivity contribution in [2.75, 3.05) is 7.05 Å². The molecule has 0 aliphatic rings. The van der Waals surface area contributed by atoms with Crippen LogP contribution in [0.2, 0.25) is 0 Å². The summed E-state index contributed by atoms with van der Waals surface area (Å²) in [6.45, 7) is 1.29. The van der Waals surface area contributed by atoms with Gasteiger partial charge in [0, 0.05) is 7.05 Å². The average molecular weight is 258 g/mol. The van der Waals surface area contributed by atoms with E-state index < -0.39 is 21.7 Å². The minimum absolute atomic E-state index is 0.353. The molecule has 0 aliphatic heterocycles. The third-order valence-electron chi connectivity index (χ3n) is 2.39. The molecule has 1 atom stereocenters. The molecule has 0 aromatic heterocycles. The maximum atomic E-state index is 11.4. The molecular weight excluding hydrogens is 244 g/mol. The quantitative estimate of drug-likeness (QED) is 0.695. The fraction of sp³-hybridized carbons (Fsp3) is 0.300. The highest BCUT2D eigenvalue weighted by atomic mass is 32.2. The molecule has 0 spiro atoms. The molecule has 3 N–H and O–H groups in total. The van der Waals surface area contributed by atoms with Crippen LogP contribution in [0.5, 0.6) is 0 Å². The van der Waals surface area contributed by atoms with Crippen LogP contribution in [0.1, 0.15) is 12.5 Å². The highest BCUT2D eigenvalue weighted by molar-refractivity contribution is 7.87. The lowest BCUT2D eigenvalue weighted by atomic mass is 9.94. The zero-order valence-corrected chi connectivity index (χ0v) is 10.3. The fourth-order valence-electron chi connectivity index (χ4n) is 1.32. The topological polar surface area (TPSA) is 95.5 Å². The number of aliphatic carboxylic acids is 1. The van der Waals surface area contributed by atoms with E-state index >= 15 is 0 Å². The van der Waals surface area contributed by atoms with Crippen molar-refractivity contribution in [2.45, 2.75) is 12.5 Å². The minimum Gasteiger partial charge on any atom is -0.480 e. The number of carboxylic acids is 1. The van der Waals surface area contributed by atoms with Gasteiger partial charge in [0.15, 0.2) is 5.54 Å². The predicted molar refractivity (Wildman–Crippen MR) is 62.5 cm³/mol. The second-order valence-corrected chi connectivity index (χ2v) is 5.23. The number of carboxylic acid groups (broad SMARTS) is 1. The van der Waals surface area contributed by atoms with Gasteiger partial charge in [0.05, 0.1) is 0 Å². The van der Waals surface area contributed by atoms with Gasteiger partial charge in [-0.25, -0.2) is 9.52 Å². The Bertz CT molecular complexity index is 500. The van der Waals surface area contributed by atoms with E-state index in [1.807, 2.05) is 4.72 Å². The number of rotatable bonds is 5. The lowest BCUT2D eigenvalue weighted by Gasteiger charge is -2.26. The number of nitrogens with one attached hydrogen (secondary N) is 2. The van der Waals surface area contributed by atoms with E-state index in [2.05, 4.69) is 4.72 Å². The van der Waals surface area contributed by atoms with Crippen LogP contribution < -0.4 is 9.44 Å². The van der Waals surface area contributed by atoms with Gasteiger partial charge < -0.3 is 5.11 Å². The normalized spacial score (nSPS) is 15.2. The van der Waals surface area contributed by atoms with Gasteiger partial charge in [-0.2, -0.15) is 13.1 Å². The summed E-state index contributed by atoms with van der Waals surface area (Å²) in [6.07, 6.45) is 0. The molecule has 0 bridgehead atoms. The average Bonchev–Trinajstić information content (AvgIpc) is 2.29. The Balaban J connectivity index is 3.21. The van der Waals surface area contributed by atoms with Gasteiger partial charge in [-0.1, -0.05) is 30.3 Å². The van der Waals surface area contributed by atoms with Gasteiger partial charge in [0.1, 0.15) is 0 Å². The van der Waals surface area contributed by atoms with Gasteiger partial charge in [-0.05, 0) is 12.5 Å². The van der Waals surface area contributed by atoms with E-state index in [-0.39, 0.29) is 0 Å². The van der Waals surface area contributed by atoms with Crippen molar-refractivity contribution >= 4 is 16.2 Å². The molecule has 0 radical (unpaired) electrons. The molecule has 17 heavy (non-hydrogen) atoms. The molecule has 94 valence electrons. The summed E-state index contributed by atoms with van der Waals surface area (Å²) in [5.74, 6) is -1.28. The van der Waals surface area contributed by atoms with Gasteiger partial charge in [-0.3, -0.25) is 0 Å². The molecule has 1 aromatic rings. The maximum absolute atomic E-state index is 11.4. The van der Waals surface area contributed by atoms with Gasteiger partial charge in [0.2, 0.25) is 0 Å².